The molecule has 1 N–H and O–H groups in total. The Balaban J connectivity index is 2.52. The highest BCUT2D eigenvalue weighted by Gasteiger charge is 2.28. The molecule has 1 aliphatic carbocycles. The first-order chi connectivity index (χ1) is 5.29. The summed E-state index contributed by atoms with van der Waals surface area (Å²) in [4.78, 5) is 0. The molecule has 0 saturated carbocycles. The van der Waals surface area contributed by atoms with Gasteiger partial charge in [0.1, 0.15) is 6.17 Å². The first kappa shape index (κ1) is 6.80. The van der Waals surface area contributed by atoms with Gasteiger partial charge in [0, 0.05) is 6.42 Å². The monoisotopic (exact) mass is 152 g/mol. The molecule has 1 nitrogen and oxygen atoms in total. The number of hydrogen-bond acceptors (Lipinski definition) is 1. The largest absolute Gasteiger partial charge is 0.388 e. The minimum Gasteiger partial charge on any atom is -0.388 e. The van der Waals surface area contributed by atoms with Crippen molar-refractivity contribution in [3.05, 3.63) is 35.4 Å². The highest BCUT2D eigenvalue weighted by Crippen LogP contribution is 2.40. The molecule has 1 aromatic rings. The van der Waals surface area contributed by atoms with Gasteiger partial charge in [-0.2, -0.15) is 0 Å². The summed E-state index contributed by atoms with van der Waals surface area (Å²) in [6, 6.07) is 7.12. The molecule has 11 heavy (non-hydrogen) atoms. The van der Waals surface area contributed by atoms with Crippen molar-refractivity contribution in [2.24, 2.45) is 0 Å². The van der Waals surface area contributed by atoms with Crippen LogP contribution in [0.4, 0.5) is 4.39 Å². The molecule has 0 amide bonds. The Morgan fingerprint density at radius 2 is 1.91 bits per heavy atom. The molecule has 2 atom stereocenters. The Bertz CT molecular complexity index is 245. The van der Waals surface area contributed by atoms with Gasteiger partial charge in [-0.25, -0.2) is 4.39 Å². The van der Waals surface area contributed by atoms with Gasteiger partial charge in [-0.3, -0.25) is 0 Å². The third-order valence-electron chi connectivity index (χ3n) is 2.12. The van der Waals surface area contributed by atoms with Crippen LogP contribution in [0, 0.1) is 0 Å². The average molecular weight is 152 g/mol. The summed E-state index contributed by atoms with van der Waals surface area (Å²) in [7, 11) is 0. The number of aliphatic hydroxyl groups is 1. The zero-order valence-corrected chi connectivity index (χ0v) is 6.00. The zero-order valence-electron chi connectivity index (χ0n) is 6.00. The van der Waals surface area contributed by atoms with Crippen LogP contribution < -0.4 is 0 Å². The summed E-state index contributed by atoms with van der Waals surface area (Å²) in [5, 5.41) is 9.31. The van der Waals surface area contributed by atoms with E-state index >= 15 is 0 Å². The second kappa shape index (κ2) is 2.31. The van der Waals surface area contributed by atoms with Gasteiger partial charge >= 0.3 is 0 Å². The van der Waals surface area contributed by atoms with Crippen molar-refractivity contribution in [1.82, 2.24) is 0 Å². The van der Waals surface area contributed by atoms with Crippen LogP contribution in [0.2, 0.25) is 0 Å². The molecule has 0 fully saturated rings. The lowest BCUT2D eigenvalue weighted by molar-refractivity contribution is 0.151. The van der Waals surface area contributed by atoms with E-state index in [1.807, 2.05) is 6.07 Å². The van der Waals surface area contributed by atoms with Crippen LogP contribution >= 0.6 is 0 Å². The molecule has 1 aliphatic rings. The summed E-state index contributed by atoms with van der Waals surface area (Å²) in [6.07, 6.45) is -1.35. The van der Waals surface area contributed by atoms with E-state index in [1.165, 1.54) is 0 Å². The lowest BCUT2D eigenvalue weighted by Gasteiger charge is -2.00. The van der Waals surface area contributed by atoms with Crippen LogP contribution in [-0.2, 0) is 0 Å². The van der Waals surface area contributed by atoms with Crippen molar-refractivity contribution < 1.29 is 9.50 Å². The molecule has 0 saturated heterocycles. The third-order valence-corrected chi connectivity index (χ3v) is 2.12. The van der Waals surface area contributed by atoms with Gasteiger partial charge < -0.3 is 5.11 Å². The second-order valence-corrected chi connectivity index (χ2v) is 2.85. The van der Waals surface area contributed by atoms with Crippen LogP contribution in [0.3, 0.4) is 0 Å². The third kappa shape index (κ3) is 0.942. The highest BCUT2D eigenvalue weighted by atomic mass is 19.1. The first-order valence-electron chi connectivity index (χ1n) is 3.70. The zero-order chi connectivity index (χ0) is 7.84. The van der Waals surface area contributed by atoms with Crippen LogP contribution in [0.5, 0.6) is 0 Å². The van der Waals surface area contributed by atoms with E-state index in [2.05, 4.69) is 0 Å². The molecule has 58 valence electrons. The maximum absolute atomic E-state index is 13.0. The van der Waals surface area contributed by atoms with Crippen molar-refractivity contribution >= 4 is 0 Å². The first-order valence-corrected chi connectivity index (χ1v) is 3.70. The summed E-state index contributed by atoms with van der Waals surface area (Å²) in [5.41, 5.74) is 1.40. The molecule has 0 spiro atoms. The van der Waals surface area contributed by atoms with Crippen LogP contribution in [0.15, 0.2) is 24.3 Å². The Labute approximate surface area is 64.5 Å². The van der Waals surface area contributed by atoms with E-state index < -0.39 is 12.3 Å². The lowest BCUT2D eigenvalue weighted by atomic mass is 10.1. The molecule has 2 rings (SSSR count). The molecule has 0 aliphatic heterocycles. The van der Waals surface area contributed by atoms with Crippen LogP contribution in [-0.4, -0.2) is 5.11 Å². The molecule has 0 aromatic heterocycles. The number of halogens is 1. The maximum Gasteiger partial charge on any atom is 0.128 e. The Kier molecular flexibility index (Phi) is 1.43. The maximum atomic E-state index is 13.0. The minimum atomic E-state index is -0.971. The predicted molar refractivity (Wildman–Crippen MR) is 39.9 cm³/mol. The highest BCUT2D eigenvalue weighted by molar-refractivity contribution is 5.35. The van der Waals surface area contributed by atoms with Crippen molar-refractivity contribution in [2.75, 3.05) is 0 Å². The molecular formula is C9H9FO. The fraction of sp³-hybridized carbons (Fsp3) is 0.333. The number of hydrogen-bond donors (Lipinski definition) is 1. The SMILES string of the molecule is OC1CC(F)c2ccccc21. The number of fused-ring (bicyclic) bond motifs is 1. The van der Waals surface area contributed by atoms with Gasteiger partial charge in [-0.05, 0) is 11.1 Å². The Morgan fingerprint density at radius 1 is 1.27 bits per heavy atom. The predicted octanol–water partition coefficient (Wildman–Crippen LogP) is 2.13. The van der Waals surface area contributed by atoms with Crippen molar-refractivity contribution in [2.45, 2.75) is 18.7 Å². The fourth-order valence-corrected chi connectivity index (χ4v) is 1.55. The van der Waals surface area contributed by atoms with Crippen molar-refractivity contribution in [1.29, 1.82) is 0 Å². The number of benzene rings is 1. The topological polar surface area (TPSA) is 20.2 Å². The number of aliphatic hydroxyl groups excluding tert-OH is 1. The molecule has 1 aromatic carbocycles. The van der Waals surface area contributed by atoms with E-state index in [1.54, 1.807) is 18.2 Å². The molecule has 0 bridgehead atoms. The summed E-state index contributed by atoms with van der Waals surface area (Å²) >= 11 is 0. The standard InChI is InChI=1S/C9H9FO/c10-8-5-9(11)7-4-2-1-3-6(7)8/h1-4,8-9,11H,5H2. The average Bonchev–Trinajstić information content (AvgIpc) is 2.30. The van der Waals surface area contributed by atoms with Gasteiger partial charge in [0.05, 0.1) is 6.10 Å². The van der Waals surface area contributed by atoms with E-state index in [0.29, 0.717) is 5.56 Å². The number of alkyl halides is 1. The van der Waals surface area contributed by atoms with Gasteiger partial charge in [-0.1, -0.05) is 24.3 Å². The van der Waals surface area contributed by atoms with Crippen LogP contribution in [0.1, 0.15) is 29.8 Å². The number of rotatable bonds is 0. The van der Waals surface area contributed by atoms with Crippen molar-refractivity contribution in [3.8, 4) is 0 Å². The Hall–Kier alpha value is -0.890. The Morgan fingerprint density at radius 3 is 2.55 bits per heavy atom. The van der Waals surface area contributed by atoms with Crippen molar-refractivity contribution in [3.63, 3.8) is 0 Å². The van der Waals surface area contributed by atoms with E-state index in [-0.39, 0.29) is 6.42 Å². The van der Waals surface area contributed by atoms with Gasteiger partial charge in [0.15, 0.2) is 0 Å². The molecule has 2 heteroatoms. The van der Waals surface area contributed by atoms with Gasteiger partial charge in [0.2, 0.25) is 0 Å². The summed E-state index contributed by atoms with van der Waals surface area (Å²) < 4.78 is 13.0. The summed E-state index contributed by atoms with van der Waals surface area (Å²) in [5.74, 6) is 0. The minimum absolute atomic E-state index is 0.222. The summed E-state index contributed by atoms with van der Waals surface area (Å²) in [6.45, 7) is 0. The molecule has 0 radical (unpaired) electrons. The molecule has 2 unspecified atom stereocenters. The normalized spacial score (nSPS) is 28.5. The molecular weight excluding hydrogens is 143 g/mol. The fourth-order valence-electron chi connectivity index (χ4n) is 1.55. The van der Waals surface area contributed by atoms with E-state index in [9.17, 15) is 9.50 Å². The van der Waals surface area contributed by atoms with E-state index in [0.717, 1.165) is 5.56 Å². The van der Waals surface area contributed by atoms with Gasteiger partial charge in [-0.15, -0.1) is 0 Å². The quantitative estimate of drug-likeness (QED) is 0.603. The second-order valence-electron chi connectivity index (χ2n) is 2.85. The van der Waals surface area contributed by atoms with Gasteiger partial charge in [0.25, 0.3) is 0 Å². The van der Waals surface area contributed by atoms with E-state index in [4.69, 9.17) is 0 Å². The van der Waals surface area contributed by atoms with Crippen LogP contribution in [0.25, 0.3) is 0 Å². The smallest absolute Gasteiger partial charge is 0.128 e. The molecule has 0 heterocycles. The lowest BCUT2D eigenvalue weighted by Crippen LogP contribution is -1.88.